The van der Waals surface area contributed by atoms with Crippen molar-refractivity contribution in [3.63, 3.8) is 0 Å². The number of carbonyl (C=O) groups is 1. The van der Waals surface area contributed by atoms with Gasteiger partial charge in [-0.2, -0.15) is 5.26 Å². The van der Waals surface area contributed by atoms with E-state index in [-0.39, 0.29) is 0 Å². The number of anilines is 3. The van der Waals surface area contributed by atoms with E-state index in [1.807, 2.05) is 6.07 Å². The third-order valence-electron chi connectivity index (χ3n) is 2.70. The van der Waals surface area contributed by atoms with Crippen molar-refractivity contribution >= 4 is 34.6 Å². The minimum Gasteiger partial charge on any atom is -0.397 e. The lowest BCUT2D eigenvalue weighted by Gasteiger charge is -2.11. The van der Waals surface area contributed by atoms with Crippen LogP contribution in [0.2, 0.25) is 5.02 Å². The van der Waals surface area contributed by atoms with Crippen LogP contribution in [-0.2, 0) is 0 Å². The fourth-order valence-electron chi connectivity index (χ4n) is 1.66. The number of carbonyl (C=O) groups excluding carboxylic acids is 1. The number of primary amides is 1. The van der Waals surface area contributed by atoms with Gasteiger partial charge in [-0.15, -0.1) is 0 Å². The minimum atomic E-state index is -0.542. The summed E-state index contributed by atoms with van der Waals surface area (Å²) in [6, 6.07) is 11.6. The lowest BCUT2D eigenvalue weighted by molar-refractivity contribution is 0.100. The van der Waals surface area contributed by atoms with Gasteiger partial charge in [0.1, 0.15) is 0 Å². The van der Waals surface area contributed by atoms with Crippen molar-refractivity contribution in [1.29, 1.82) is 5.26 Å². The maximum absolute atomic E-state index is 11.0. The second-order valence-electron chi connectivity index (χ2n) is 4.10. The molecule has 5 N–H and O–H groups in total. The quantitative estimate of drug-likeness (QED) is 0.754. The molecular formula is C14H11ClN4O. The molecule has 0 radical (unpaired) electrons. The molecule has 0 saturated heterocycles. The highest BCUT2D eigenvalue weighted by molar-refractivity contribution is 6.33. The summed E-state index contributed by atoms with van der Waals surface area (Å²) in [5.74, 6) is -0.542. The molecule has 100 valence electrons. The van der Waals surface area contributed by atoms with Crippen LogP contribution in [0.5, 0.6) is 0 Å². The molecule has 0 heterocycles. The van der Waals surface area contributed by atoms with Crippen LogP contribution in [0.25, 0.3) is 0 Å². The number of hydrogen-bond acceptors (Lipinski definition) is 4. The standard InChI is InChI=1S/C14H11ClN4O/c15-10-5-8(7-16)1-3-12(10)19-13-4-2-9(14(18)20)6-11(13)17/h1-6,19H,17H2,(H2,18,20). The third-order valence-corrected chi connectivity index (χ3v) is 3.02. The van der Waals surface area contributed by atoms with Crippen molar-refractivity contribution in [3.8, 4) is 6.07 Å². The summed E-state index contributed by atoms with van der Waals surface area (Å²) in [5.41, 5.74) is 13.4. The Bertz CT molecular complexity index is 722. The second-order valence-corrected chi connectivity index (χ2v) is 4.50. The van der Waals surface area contributed by atoms with E-state index in [1.165, 1.54) is 6.07 Å². The zero-order chi connectivity index (χ0) is 14.7. The summed E-state index contributed by atoms with van der Waals surface area (Å²) >= 11 is 6.06. The van der Waals surface area contributed by atoms with Crippen molar-refractivity contribution in [1.82, 2.24) is 0 Å². The molecule has 0 saturated carbocycles. The number of nitrogens with zero attached hydrogens (tertiary/aromatic N) is 1. The highest BCUT2D eigenvalue weighted by Gasteiger charge is 2.07. The van der Waals surface area contributed by atoms with Gasteiger partial charge in [-0.3, -0.25) is 4.79 Å². The Morgan fingerprint density at radius 2 is 1.90 bits per heavy atom. The topological polar surface area (TPSA) is 105 Å². The Balaban J connectivity index is 2.31. The van der Waals surface area contributed by atoms with Gasteiger partial charge in [0, 0.05) is 5.56 Å². The molecule has 2 rings (SSSR count). The van der Waals surface area contributed by atoms with E-state index in [0.29, 0.717) is 33.2 Å². The SMILES string of the molecule is N#Cc1ccc(Nc2ccc(C(N)=O)cc2N)c(Cl)c1. The first-order chi connectivity index (χ1) is 9.51. The van der Waals surface area contributed by atoms with Gasteiger partial charge in [0.2, 0.25) is 5.91 Å². The number of halogens is 1. The predicted molar refractivity (Wildman–Crippen MR) is 78.8 cm³/mol. The molecule has 0 aliphatic rings. The van der Waals surface area contributed by atoms with Crippen molar-refractivity contribution < 1.29 is 4.79 Å². The average molecular weight is 287 g/mol. The van der Waals surface area contributed by atoms with E-state index in [1.54, 1.807) is 30.3 Å². The van der Waals surface area contributed by atoms with E-state index in [4.69, 9.17) is 28.3 Å². The Morgan fingerprint density at radius 3 is 2.45 bits per heavy atom. The smallest absolute Gasteiger partial charge is 0.248 e. The number of rotatable bonds is 3. The summed E-state index contributed by atoms with van der Waals surface area (Å²) in [5, 5.41) is 12.2. The van der Waals surface area contributed by atoms with Crippen LogP contribution < -0.4 is 16.8 Å². The predicted octanol–water partition coefficient (Wildman–Crippen LogP) is 2.64. The number of nitrogens with one attached hydrogen (secondary N) is 1. The lowest BCUT2D eigenvalue weighted by atomic mass is 10.1. The van der Waals surface area contributed by atoms with Crippen molar-refractivity contribution in [2.45, 2.75) is 0 Å². The van der Waals surface area contributed by atoms with Crippen molar-refractivity contribution in [3.05, 3.63) is 52.5 Å². The highest BCUT2D eigenvalue weighted by Crippen LogP contribution is 2.29. The fraction of sp³-hybridized carbons (Fsp3) is 0. The molecule has 6 heteroatoms. The fourth-order valence-corrected chi connectivity index (χ4v) is 1.89. The number of benzene rings is 2. The molecule has 1 amide bonds. The molecule has 0 fully saturated rings. The van der Waals surface area contributed by atoms with Gasteiger partial charge in [0.25, 0.3) is 0 Å². The summed E-state index contributed by atoms with van der Waals surface area (Å²) in [6.07, 6.45) is 0. The summed E-state index contributed by atoms with van der Waals surface area (Å²) in [7, 11) is 0. The van der Waals surface area contributed by atoms with Crippen LogP contribution in [0.3, 0.4) is 0 Å². The summed E-state index contributed by atoms with van der Waals surface area (Å²) in [6.45, 7) is 0. The van der Waals surface area contributed by atoms with Gasteiger partial charge in [-0.25, -0.2) is 0 Å². The molecule has 2 aromatic rings. The molecule has 5 nitrogen and oxygen atoms in total. The first-order valence-electron chi connectivity index (χ1n) is 5.67. The van der Waals surface area contributed by atoms with Crippen molar-refractivity contribution in [2.24, 2.45) is 5.73 Å². The molecule has 0 unspecified atom stereocenters. The molecule has 0 aromatic heterocycles. The van der Waals surface area contributed by atoms with E-state index >= 15 is 0 Å². The normalized spacial score (nSPS) is 9.80. The van der Waals surface area contributed by atoms with Crippen LogP contribution in [0.4, 0.5) is 17.1 Å². The highest BCUT2D eigenvalue weighted by atomic mass is 35.5. The Labute approximate surface area is 120 Å². The monoisotopic (exact) mass is 286 g/mol. The second kappa shape index (κ2) is 5.51. The molecule has 0 bridgehead atoms. The van der Waals surface area contributed by atoms with E-state index in [9.17, 15) is 4.79 Å². The van der Waals surface area contributed by atoms with Gasteiger partial charge in [-0.05, 0) is 36.4 Å². The molecule has 0 atom stereocenters. The van der Waals surface area contributed by atoms with Crippen LogP contribution in [0, 0.1) is 11.3 Å². The van der Waals surface area contributed by atoms with Crippen LogP contribution >= 0.6 is 11.6 Å². The van der Waals surface area contributed by atoms with E-state index in [0.717, 1.165) is 0 Å². The number of hydrogen-bond donors (Lipinski definition) is 3. The van der Waals surface area contributed by atoms with Crippen LogP contribution in [0.1, 0.15) is 15.9 Å². The third kappa shape index (κ3) is 2.82. The van der Waals surface area contributed by atoms with Gasteiger partial charge in [-0.1, -0.05) is 11.6 Å². The molecule has 0 aliphatic carbocycles. The van der Waals surface area contributed by atoms with Gasteiger partial charge in [0.15, 0.2) is 0 Å². The Morgan fingerprint density at radius 1 is 1.20 bits per heavy atom. The summed E-state index contributed by atoms with van der Waals surface area (Å²) in [4.78, 5) is 11.0. The maximum atomic E-state index is 11.0. The lowest BCUT2D eigenvalue weighted by Crippen LogP contribution is -2.11. The zero-order valence-electron chi connectivity index (χ0n) is 10.4. The Kier molecular flexibility index (Phi) is 3.78. The Hall–Kier alpha value is -2.71. The van der Waals surface area contributed by atoms with Gasteiger partial charge >= 0.3 is 0 Å². The first-order valence-corrected chi connectivity index (χ1v) is 6.05. The van der Waals surface area contributed by atoms with E-state index in [2.05, 4.69) is 5.32 Å². The number of nitriles is 1. The van der Waals surface area contributed by atoms with E-state index < -0.39 is 5.91 Å². The molecule has 20 heavy (non-hydrogen) atoms. The van der Waals surface area contributed by atoms with Gasteiger partial charge in [0.05, 0.1) is 33.7 Å². The molecule has 0 spiro atoms. The van der Waals surface area contributed by atoms with Crippen molar-refractivity contribution in [2.75, 3.05) is 11.1 Å². The number of nitrogens with two attached hydrogens (primary N) is 2. The van der Waals surface area contributed by atoms with Gasteiger partial charge < -0.3 is 16.8 Å². The summed E-state index contributed by atoms with van der Waals surface area (Å²) < 4.78 is 0. The largest absolute Gasteiger partial charge is 0.397 e. The molecule has 0 aliphatic heterocycles. The first kappa shape index (κ1) is 13.7. The zero-order valence-corrected chi connectivity index (χ0v) is 11.1. The maximum Gasteiger partial charge on any atom is 0.248 e. The number of nitrogen functional groups attached to an aromatic ring is 1. The van der Waals surface area contributed by atoms with Crippen LogP contribution in [-0.4, -0.2) is 5.91 Å². The van der Waals surface area contributed by atoms with Crippen LogP contribution in [0.15, 0.2) is 36.4 Å². The molecule has 2 aromatic carbocycles. The minimum absolute atomic E-state index is 0.332. The number of amides is 1. The molecular weight excluding hydrogens is 276 g/mol. The average Bonchev–Trinajstić information content (AvgIpc) is 2.42.